The number of ether oxygens (including phenoxy) is 4. The smallest absolute Gasteiger partial charge is 0.325 e. The molecule has 0 aliphatic carbocycles. The van der Waals surface area contributed by atoms with Crippen LogP contribution in [0, 0.1) is 0 Å². The van der Waals surface area contributed by atoms with E-state index >= 15 is 0 Å². The predicted octanol–water partition coefficient (Wildman–Crippen LogP) is 1.97. The van der Waals surface area contributed by atoms with Crippen LogP contribution in [-0.2, 0) is 9.53 Å². The van der Waals surface area contributed by atoms with Gasteiger partial charge in [-0.1, -0.05) is 0 Å². The summed E-state index contributed by atoms with van der Waals surface area (Å²) in [6, 6.07) is 11.2. The second-order valence-electron chi connectivity index (χ2n) is 5.79. The molecule has 146 valence electrons. The van der Waals surface area contributed by atoms with Crippen LogP contribution < -0.4 is 19.5 Å². The molecule has 0 aromatic heterocycles. The molecule has 0 atom stereocenters. The van der Waals surface area contributed by atoms with Gasteiger partial charge in [0.25, 0.3) is 5.91 Å². The monoisotopic (exact) mass is 385 g/mol. The Labute approximate surface area is 161 Å². The lowest BCUT2D eigenvalue weighted by Crippen LogP contribution is -2.31. The summed E-state index contributed by atoms with van der Waals surface area (Å²) < 4.78 is 20.6. The molecule has 1 amide bonds. The number of carbonyl (C=O) groups is 3. The van der Waals surface area contributed by atoms with Gasteiger partial charge < -0.3 is 24.3 Å². The maximum Gasteiger partial charge on any atom is 0.325 e. The number of nitrogens with one attached hydrogen (secondary N) is 1. The number of esters is 1. The van der Waals surface area contributed by atoms with Gasteiger partial charge >= 0.3 is 5.97 Å². The number of amides is 1. The molecule has 0 radical (unpaired) electrons. The van der Waals surface area contributed by atoms with Crippen LogP contribution in [0.15, 0.2) is 42.5 Å². The maximum absolute atomic E-state index is 12.1. The zero-order chi connectivity index (χ0) is 19.9. The average Bonchev–Trinajstić information content (AvgIpc) is 3.19. The third-order valence-corrected chi connectivity index (χ3v) is 3.88. The molecule has 1 aliphatic rings. The Bertz CT molecular complexity index is 877. The van der Waals surface area contributed by atoms with E-state index in [1.165, 1.54) is 6.07 Å². The molecule has 0 bridgehead atoms. The molecule has 2 aromatic rings. The number of Topliss-reactive ketones (excluding diaryl/α,β-unsaturated/α-hetero) is 1. The lowest BCUT2D eigenvalue weighted by molar-refractivity contribution is -0.141. The molecule has 0 spiro atoms. The Hall–Kier alpha value is -3.55. The van der Waals surface area contributed by atoms with Gasteiger partial charge in [-0.25, -0.2) is 0 Å². The zero-order valence-corrected chi connectivity index (χ0v) is 15.2. The summed E-state index contributed by atoms with van der Waals surface area (Å²) in [6.07, 6.45) is 0. The summed E-state index contributed by atoms with van der Waals surface area (Å²) in [7, 11) is 0. The lowest BCUT2D eigenvalue weighted by atomic mass is 10.1. The van der Waals surface area contributed by atoms with Crippen molar-refractivity contribution in [2.75, 3.05) is 26.6 Å². The van der Waals surface area contributed by atoms with Gasteiger partial charge in [0.05, 0.1) is 6.61 Å². The van der Waals surface area contributed by atoms with Gasteiger partial charge in [0.2, 0.25) is 6.79 Å². The normalized spacial score (nSPS) is 11.6. The van der Waals surface area contributed by atoms with Gasteiger partial charge in [-0.3, -0.25) is 14.4 Å². The van der Waals surface area contributed by atoms with Crippen molar-refractivity contribution < 1.29 is 33.3 Å². The summed E-state index contributed by atoms with van der Waals surface area (Å²) in [5, 5.41) is 2.45. The number of fused-ring (bicyclic) bond motifs is 1. The van der Waals surface area contributed by atoms with Crippen molar-refractivity contribution in [2.45, 2.75) is 6.92 Å². The van der Waals surface area contributed by atoms with Gasteiger partial charge in [-0.2, -0.15) is 0 Å². The third kappa shape index (κ3) is 4.79. The summed E-state index contributed by atoms with van der Waals surface area (Å²) in [4.78, 5) is 35.9. The van der Waals surface area contributed by atoms with E-state index in [2.05, 4.69) is 5.32 Å². The van der Waals surface area contributed by atoms with Crippen LogP contribution in [0.1, 0.15) is 27.6 Å². The van der Waals surface area contributed by atoms with Gasteiger partial charge in [0.15, 0.2) is 23.9 Å². The molecule has 3 rings (SSSR count). The first-order valence-corrected chi connectivity index (χ1v) is 8.66. The topological polar surface area (TPSA) is 100 Å². The van der Waals surface area contributed by atoms with Gasteiger partial charge in [0.1, 0.15) is 12.3 Å². The molecule has 8 nitrogen and oxygen atoms in total. The van der Waals surface area contributed by atoms with Crippen LogP contribution in [-0.4, -0.2) is 44.2 Å². The van der Waals surface area contributed by atoms with E-state index in [0.717, 1.165) is 0 Å². The van der Waals surface area contributed by atoms with Crippen LogP contribution in [0.3, 0.4) is 0 Å². The molecule has 0 unspecified atom stereocenters. The van der Waals surface area contributed by atoms with Crippen molar-refractivity contribution in [1.29, 1.82) is 0 Å². The number of hydrogen-bond acceptors (Lipinski definition) is 7. The summed E-state index contributed by atoms with van der Waals surface area (Å²) >= 11 is 0. The molecule has 0 saturated carbocycles. The Morgan fingerprint density at radius 3 is 2.46 bits per heavy atom. The molecular formula is C20H19NO7. The molecule has 1 aliphatic heterocycles. The van der Waals surface area contributed by atoms with Gasteiger partial charge in [0, 0.05) is 11.1 Å². The molecule has 8 heteroatoms. The van der Waals surface area contributed by atoms with E-state index in [1.807, 2.05) is 6.92 Å². The summed E-state index contributed by atoms with van der Waals surface area (Å²) in [5.41, 5.74) is 0.725. The number of ketones is 1. The highest BCUT2D eigenvalue weighted by molar-refractivity contribution is 5.99. The van der Waals surface area contributed by atoms with E-state index in [1.54, 1.807) is 36.4 Å². The number of carbonyl (C=O) groups excluding carboxylic acids is 3. The van der Waals surface area contributed by atoms with Gasteiger partial charge in [-0.05, 0) is 49.4 Å². The summed E-state index contributed by atoms with van der Waals surface area (Å²) in [6.45, 7) is 1.72. The third-order valence-electron chi connectivity index (χ3n) is 3.88. The molecule has 1 N–H and O–H groups in total. The first-order valence-electron chi connectivity index (χ1n) is 8.66. The Morgan fingerprint density at radius 2 is 1.71 bits per heavy atom. The highest BCUT2D eigenvalue weighted by Crippen LogP contribution is 2.32. The number of benzene rings is 2. The van der Waals surface area contributed by atoms with Crippen LogP contribution in [0.5, 0.6) is 17.2 Å². The van der Waals surface area contributed by atoms with Crippen molar-refractivity contribution in [2.24, 2.45) is 0 Å². The minimum absolute atomic E-state index is 0.107. The Morgan fingerprint density at radius 1 is 1.00 bits per heavy atom. The minimum Gasteiger partial charge on any atom is -0.494 e. The highest BCUT2D eigenvalue weighted by atomic mass is 16.7. The second kappa shape index (κ2) is 8.90. The predicted molar refractivity (Wildman–Crippen MR) is 97.8 cm³/mol. The minimum atomic E-state index is -0.714. The van der Waals surface area contributed by atoms with Crippen molar-refractivity contribution in [3.63, 3.8) is 0 Å². The SMILES string of the molecule is CCOc1ccc(C(=O)NCC(=O)OCC(=O)c2ccc3c(c2)OCO3)cc1. The molecular weight excluding hydrogens is 366 g/mol. The maximum atomic E-state index is 12.1. The van der Waals surface area contributed by atoms with Gasteiger partial charge in [-0.15, -0.1) is 0 Å². The van der Waals surface area contributed by atoms with E-state index in [4.69, 9.17) is 18.9 Å². The van der Waals surface area contributed by atoms with Crippen molar-refractivity contribution in [3.8, 4) is 17.2 Å². The quantitative estimate of drug-likeness (QED) is 0.548. The number of rotatable bonds is 8. The van der Waals surface area contributed by atoms with E-state index in [0.29, 0.717) is 35.0 Å². The zero-order valence-electron chi connectivity index (χ0n) is 15.2. The first-order chi connectivity index (χ1) is 13.6. The fraction of sp³-hybridized carbons (Fsp3) is 0.250. The van der Waals surface area contributed by atoms with Crippen molar-refractivity contribution in [3.05, 3.63) is 53.6 Å². The van der Waals surface area contributed by atoms with Crippen LogP contribution in [0.2, 0.25) is 0 Å². The standard InChI is InChI=1S/C20H19NO7/c1-2-25-15-6-3-13(4-7-15)20(24)21-10-19(23)26-11-16(22)14-5-8-17-18(9-14)28-12-27-17/h3-9H,2,10-12H2,1H3,(H,21,24). The second-order valence-corrected chi connectivity index (χ2v) is 5.79. The van der Waals surface area contributed by atoms with Crippen LogP contribution in [0.4, 0.5) is 0 Å². The Kier molecular flexibility index (Phi) is 6.11. The van der Waals surface area contributed by atoms with Crippen LogP contribution in [0.25, 0.3) is 0 Å². The number of hydrogen-bond donors (Lipinski definition) is 1. The van der Waals surface area contributed by atoms with E-state index in [9.17, 15) is 14.4 Å². The van der Waals surface area contributed by atoms with Crippen molar-refractivity contribution >= 4 is 17.7 Å². The first kappa shape index (κ1) is 19.2. The van der Waals surface area contributed by atoms with Crippen molar-refractivity contribution in [1.82, 2.24) is 5.32 Å². The summed E-state index contributed by atoms with van der Waals surface area (Å²) in [5.74, 6) is 0.158. The molecule has 0 fully saturated rings. The largest absolute Gasteiger partial charge is 0.494 e. The molecule has 28 heavy (non-hydrogen) atoms. The average molecular weight is 385 g/mol. The lowest BCUT2D eigenvalue weighted by Gasteiger charge is -2.07. The highest BCUT2D eigenvalue weighted by Gasteiger charge is 2.17. The fourth-order valence-corrected chi connectivity index (χ4v) is 2.47. The molecule has 1 heterocycles. The van der Waals surface area contributed by atoms with Crippen LogP contribution >= 0.6 is 0 Å². The Balaban J connectivity index is 1.44. The molecule has 0 saturated heterocycles. The fourth-order valence-electron chi connectivity index (χ4n) is 2.47. The molecule has 2 aromatic carbocycles. The van der Waals surface area contributed by atoms with E-state index in [-0.39, 0.29) is 19.1 Å². The van der Waals surface area contributed by atoms with E-state index < -0.39 is 18.5 Å².